The maximum atomic E-state index is 12.2. The van der Waals surface area contributed by atoms with Crippen LogP contribution in [0.3, 0.4) is 0 Å². The van der Waals surface area contributed by atoms with Crippen LogP contribution in [-0.4, -0.2) is 57.0 Å². The van der Waals surface area contributed by atoms with Gasteiger partial charge in [0.1, 0.15) is 10.6 Å². The molecule has 0 aliphatic heterocycles. The summed E-state index contributed by atoms with van der Waals surface area (Å²) >= 11 is 0. The van der Waals surface area contributed by atoms with Crippen LogP contribution in [0.25, 0.3) is 0 Å². The van der Waals surface area contributed by atoms with Gasteiger partial charge in [-0.2, -0.15) is 0 Å². The smallest absolute Gasteiger partial charge is 0.268 e. The van der Waals surface area contributed by atoms with Crippen molar-refractivity contribution in [3.8, 4) is 0 Å². The summed E-state index contributed by atoms with van der Waals surface area (Å²) in [7, 11) is 3.30. The fourth-order valence-electron chi connectivity index (χ4n) is 1.57. The number of rotatable bonds is 6. The minimum absolute atomic E-state index is 0.0736. The Bertz CT molecular complexity index is 617. The van der Waals surface area contributed by atoms with Gasteiger partial charge in [-0.25, -0.2) is 13.1 Å². The third kappa shape index (κ3) is 4.05. The van der Waals surface area contributed by atoms with Gasteiger partial charge in [0.25, 0.3) is 5.91 Å². The molecular weight excluding hydrogens is 292 g/mol. The van der Waals surface area contributed by atoms with E-state index < -0.39 is 10.0 Å². The molecule has 0 aromatic carbocycles. The number of amides is 1. The van der Waals surface area contributed by atoms with Crippen LogP contribution in [0.1, 0.15) is 24.3 Å². The van der Waals surface area contributed by atoms with Crippen molar-refractivity contribution >= 4 is 15.9 Å². The lowest BCUT2D eigenvalue weighted by atomic mass is 10.0. The van der Waals surface area contributed by atoms with Gasteiger partial charge in [0.2, 0.25) is 10.0 Å². The second-order valence-electron chi connectivity index (χ2n) is 5.77. The van der Waals surface area contributed by atoms with E-state index in [9.17, 15) is 13.2 Å². The molecule has 120 valence electrons. The highest BCUT2D eigenvalue weighted by Crippen LogP contribution is 2.14. The first-order chi connectivity index (χ1) is 9.51. The first kappa shape index (κ1) is 17.7. The van der Waals surface area contributed by atoms with Crippen molar-refractivity contribution in [1.29, 1.82) is 0 Å². The molecule has 1 aromatic heterocycles. The topological polar surface area (TPSA) is 83.4 Å². The van der Waals surface area contributed by atoms with Crippen LogP contribution in [0.2, 0.25) is 0 Å². The van der Waals surface area contributed by atoms with Crippen LogP contribution in [0, 0.1) is 0 Å². The Morgan fingerprint density at radius 2 is 1.95 bits per heavy atom. The van der Waals surface area contributed by atoms with Gasteiger partial charge in [0.15, 0.2) is 0 Å². The summed E-state index contributed by atoms with van der Waals surface area (Å²) < 4.78 is 27.2. The number of likely N-dealkylation sites (N-methyl/N-ethyl adjacent to an activating group) is 1. The number of hydrogen-bond donors (Lipinski definition) is 2. The molecular formula is C13H24N4O3S. The number of carbonyl (C=O) groups excluding carboxylic acids is 1. The highest BCUT2D eigenvalue weighted by atomic mass is 32.2. The number of carbonyl (C=O) groups is 1. The quantitative estimate of drug-likeness (QED) is 0.774. The fraction of sp³-hybridized carbons (Fsp3) is 0.615. The van der Waals surface area contributed by atoms with E-state index in [0.29, 0.717) is 12.2 Å². The average molecular weight is 316 g/mol. The van der Waals surface area contributed by atoms with Crippen molar-refractivity contribution in [1.82, 2.24) is 19.5 Å². The molecule has 1 aromatic rings. The van der Waals surface area contributed by atoms with Crippen LogP contribution in [-0.2, 0) is 17.1 Å². The van der Waals surface area contributed by atoms with E-state index in [1.165, 1.54) is 23.9 Å². The van der Waals surface area contributed by atoms with Crippen molar-refractivity contribution in [3.05, 3.63) is 18.0 Å². The summed E-state index contributed by atoms with van der Waals surface area (Å²) in [6.07, 6.45) is 1.41. The number of aromatic nitrogens is 1. The largest absolute Gasteiger partial charge is 0.349 e. The summed E-state index contributed by atoms with van der Waals surface area (Å²) in [5.41, 5.74) is 0.110. The third-order valence-electron chi connectivity index (χ3n) is 3.68. The predicted molar refractivity (Wildman–Crippen MR) is 81.8 cm³/mol. The number of aryl methyl sites for hydroxylation is 1. The van der Waals surface area contributed by atoms with Gasteiger partial charge in [0, 0.05) is 25.3 Å². The number of nitrogens with one attached hydrogen (secondary N) is 2. The number of sulfonamides is 1. The zero-order valence-corrected chi connectivity index (χ0v) is 14.2. The Morgan fingerprint density at radius 1 is 1.38 bits per heavy atom. The normalized spacial score (nSPS) is 12.7. The molecule has 0 aliphatic rings. The Balaban J connectivity index is 2.90. The Kier molecular flexibility index (Phi) is 5.19. The summed E-state index contributed by atoms with van der Waals surface area (Å²) in [5, 5.41) is 2.83. The molecule has 0 unspecified atom stereocenters. The monoisotopic (exact) mass is 316 g/mol. The molecule has 7 nitrogen and oxygen atoms in total. The lowest BCUT2D eigenvalue weighted by Crippen LogP contribution is -2.48. The zero-order chi connectivity index (χ0) is 16.4. The van der Waals surface area contributed by atoms with E-state index in [2.05, 4.69) is 10.0 Å². The molecule has 0 saturated heterocycles. The highest BCUT2D eigenvalue weighted by molar-refractivity contribution is 7.89. The molecule has 0 saturated carbocycles. The summed E-state index contributed by atoms with van der Waals surface area (Å²) in [5.74, 6) is -0.301. The van der Waals surface area contributed by atoms with E-state index in [0.717, 1.165) is 0 Å². The minimum atomic E-state index is -3.55. The van der Waals surface area contributed by atoms with Gasteiger partial charge in [-0.1, -0.05) is 0 Å². The predicted octanol–water partition coefficient (Wildman–Crippen LogP) is 0.00320. The van der Waals surface area contributed by atoms with Crippen molar-refractivity contribution < 1.29 is 13.2 Å². The molecule has 1 rings (SSSR count). The molecule has 2 N–H and O–H groups in total. The van der Waals surface area contributed by atoms with Crippen molar-refractivity contribution in [2.75, 3.05) is 27.7 Å². The maximum Gasteiger partial charge on any atom is 0.268 e. The van der Waals surface area contributed by atoms with Crippen LogP contribution in [0.15, 0.2) is 17.2 Å². The van der Waals surface area contributed by atoms with Gasteiger partial charge in [-0.15, -0.1) is 0 Å². The average Bonchev–Trinajstić information content (AvgIpc) is 2.78. The lowest BCUT2D eigenvalue weighted by Gasteiger charge is -2.32. The molecule has 1 amide bonds. The summed E-state index contributed by atoms with van der Waals surface area (Å²) in [6.45, 7) is 4.47. The van der Waals surface area contributed by atoms with E-state index in [-0.39, 0.29) is 16.3 Å². The number of nitrogens with zero attached hydrogens (tertiary/aromatic N) is 2. The van der Waals surface area contributed by atoms with E-state index >= 15 is 0 Å². The minimum Gasteiger partial charge on any atom is -0.349 e. The standard InChI is InChI=1S/C13H24N4O3S/c1-13(2,16(4)5)9-15-12(18)11-7-10(8-17(11)6)21(19,20)14-3/h7-8,14H,9H2,1-6H3,(H,15,18). The van der Waals surface area contributed by atoms with E-state index in [4.69, 9.17) is 0 Å². The van der Waals surface area contributed by atoms with Crippen molar-refractivity contribution in [2.45, 2.75) is 24.3 Å². The van der Waals surface area contributed by atoms with Crippen LogP contribution < -0.4 is 10.0 Å². The summed E-state index contributed by atoms with van der Waals surface area (Å²) in [6, 6.07) is 1.36. The van der Waals surface area contributed by atoms with Crippen LogP contribution in [0.4, 0.5) is 0 Å². The highest BCUT2D eigenvalue weighted by Gasteiger charge is 2.23. The molecule has 0 bridgehead atoms. The molecule has 8 heteroatoms. The Labute approximate surface area is 126 Å². The second kappa shape index (κ2) is 6.17. The second-order valence-corrected chi connectivity index (χ2v) is 7.66. The van der Waals surface area contributed by atoms with Crippen LogP contribution in [0.5, 0.6) is 0 Å². The molecule has 21 heavy (non-hydrogen) atoms. The molecule has 1 heterocycles. The molecule has 0 atom stereocenters. The van der Waals surface area contributed by atoms with Gasteiger partial charge in [-0.3, -0.25) is 4.79 Å². The van der Waals surface area contributed by atoms with Crippen LogP contribution >= 0.6 is 0 Å². The van der Waals surface area contributed by atoms with E-state index in [1.807, 2.05) is 32.8 Å². The molecule has 0 aliphatic carbocycles. The van der Waals surface area contributed by atoms with Crippen molar-refractivity contribution in [2.24, 2.45) is 7.05 Å². The van der Waals surface area contributed by atoms with Gasteiger partial charge in [0.05, 0.1) is 0 Å². The first-order valence-electron chi connectivity index (χ1n) is 6.57. The number of hydrogen-bond acceptors (Lipinski definition) is 4. The maximum absolute atomic E-state index is 12.2. The SMILES string of the molecule is CNS(=O)(=O)c1cc(C(=O)NCC(C)(C)N(C)C)n(C)c1. The third-order valence-corrected chi connectivity index (χ3v) is 5.07. The first-order valence-corrected chi connectivity index (χ1v) is 8.05. The Morgan fingerprint density at radius 3 is 2.43 bits per heavy atom. The molecule has 0 fully saturated rings. The fourth-order valence-corrected chi connectivity index (χ4v) is 2.37. The van der Waals surface area contributed by atoms with Gasteiger partial charge >= 0.3 is 0 Å². The van der Waals surface area contributed by atoms with Gasteiger partial charge in [-0.05, 0) is 41.1 Å². The van der Waals surface area contributed by atoms with Gasteiger partial charge < -0.3 is 14.8 Å². The van der Waals surface area contributed by atoms with Crippen molar-refractivity contribution in [3.63, 3.8) is 0 Å². The summed E-state index contributed by atoms with van der Waals surface area (Å²) in [4.78, 5) is 14.3. The molecule has 0 spiro atoms. The Hall–Kier alpha value is -1.38. The van der Waals surface area contributed by atoms with E-state index in [1.54, 1.807) is 7.05 Å². The lowest BCUT2D eigenvalue weighted by molar-refractivity contribution is 0.0911. The molecule has 0 radical (unpaired) electrons. The zero-order valence-electron chi connectivity index (χ0n) is 13.4.